The molecule has 0 bridgehead atoms. The third-order valence-corrected chi connectivity index (χ3v) is 4.31. The van der Waals surface area contributed by atoms with E-state index in [1.54, 1.807) is 0 Å². The molecule has 1 aromatic heterocycles. The standard InChI is InChI=1S/C16H28N4/c1-5-7-14-18-15(17-3)11-16(19-14)20(4)13-9-6-8-12(2)10-13/h11-13H,5-10H2,1-4H3,(H,17,18,19). The van der Waals surface area contributed by atoms with Crippen molar-refractivity contribution in [3.8, 4) is 0 Å². The Morgan fingerprint density at radius 2 is 2.15 bits per heavy atom. The molecule has 1 saturated carbocycles. The lowest BCUT2D eigenvalue weighted by Gasteiger charge is -2.35. The van der Waals surface area contributed by atoms with Gasteiger partial charge in [0.1, 0.15) is 17.5 Å². The number of rotatable bonds is 5. The fraction of sp³-hybridized carbons (Fsp3) is 0.750. The van der Waals surface area contributed by atoms with E-state index in [0.29, 0.717) is 6.04 Å². The van der Waals surface area contributed by atoms with E-state index in [2.05, 4.69) is 42.2 Å². The van der Waals surface area contributed by atoms with Crippen molar-refractivity contribution in [2.45, 2.75) is 58.4 Å². The zero-order valence-corrected chi connectivity index (χ0v) is 13.3. The predicted molar refractivity (Wildman–Crippen MR) is 85.4 cm³/mol. The molecule has 0 amide bonds. The summed E-state index contributed by atoms with van der Waals surface area (Å²) in [5.41, 5.74) is 0. The summed E-state index contributed by atoms with van der Waals surface area (Å²) in [5.74, 6) is 3.77. The highest BCUT2D eigenvalue weighted by molar-refractivity contribution is 5.49. The van der Waals surface area contributed by atoms with Gasteiger partial charge in [-0.05, 0) is 25.2 Å². The Morgan fingerprint density at radius 3 is 2.80 bits per heavy atom. The molecular weight excluding hydrogens is 248 g/mol. The van der Waals surface area contributed by atoms with E-state index in [9.17, 15) is 0 Å². The quantitative estimate of drug-likeness (QED) is 0.894. The number of aryl methyl sites for hydroxylation is 1. The Labute approximate surface area is 123 Å². The maximum atomic E-state index is 4.75. The lowest BCUT2D eigenvalue weighted by molar-refractivity contribution is 0.335. The number of aromatic nitrogens is 2. The topological polar surface area (TPSA) is 41.1 Å². The maximum absolute atomic E-state index is 4.75. The monoisotopic (exact) mass is 276 g/mol. The number of anilines is 2. The zero-order valence-electron chi connectivity index (χ0n) is 13.3. The fourth-order valence-corrected chi connectivity index (χ4v) is 3.07. The van der Waals surface area contributed by atoms with Crippen molar-refractivity contribution in [1.29, 1.82) is 0 Å². The summed E-state index contributed by atoms with van der Waals surface area (Å²) in [6.07, 6.45) is 7.29. The van der Waals surface area contributed by atoms with Gasteiger partial charge in [-0.3, -0.25) is 0 Å². The molecule has 0 spiro atoms. The second-order valence-electron chi connectivity index (χ2n) is 6.06. The van der Waals surface area contributed by atoms with E-state index in [4.69, 9.17) is 4.98 Å². The van der Waals surface area contributed by atoms with E-state index in [0.717, 1.165) is 36.2 Å². The number of nitrogens with one attached hydrogen (secondary N) is 1. The van der Waals surface area contributed by atoms with Gasteiger partial charge in [0.2, 0.25) is 0 Å². The molecule has 0 aliphatic heterocycles. The summed E-state index contributed by atoms with van der Waals surface area (Å²) in [4.78, 5) is 11.6. The van der Waals surface area contributed by atoms with Crippen LogP contribution in [-0.4, -0.2) is 30.1 Å². The molecule has 20 heavy (non-hydrogen) atoms. The molecule has 1 N–H and O–H groups in total. The Kier molecular flexibility index (Phi) is 5.21. The van der Waals surface area contributed by atoms with Crippen molar-refractivity contribution in [3.63, 3.8) is 0 Å². The molecule has 2 rings (SSSR count). The highest BCUT2D eigenvalue weighted by atomic mass is 15.2. The molecule has 2 unspecified atom stereocenters. The lowest BCUT2D eigenvalue weighted by atomic mass is 9.86. The minimum atomic E-state index is 0.618. The normalized spacial score (nSPS) is 22.6. The number of hydrogen-bond acceptors (Lipinski definition) is 4. The van der Waals surface area contributed by atoms with Gasteiger partial charge in [-0.2, -0.15) is 0 Å². The minimum absolute atomic E-state index is 0.618. The first kappa shape index (κ1) is 15.1. The van der Waals surface area contributed by atoms with Crippen LogP contribution in [0.25, 0.3) is 0 Å². The van der Waals surface area contributed by atoms with Crippen LogP contribution >= 0.6 is 0 Å². The average molecular weight is 276 g/mol. The molecule has 0 radical (unpaired) electrons. The van der Waals surface area contributed by atoms with Crippen molar-refractivity contribution in [3.05, 3.63) is 11.9 Å². The largest absolute Gasteiger partial charge is 0.373 e. The van der Waals surface area contributed by atoms with E-state index in [1.807, 2.05) is 7.05 Å². The van der Waals surface area contributed by atoms with Crippen molar-refractivity contribution in [1.82, 2.24) is 9.97 Å². The van der Waals surface area contributed by atoms with E-state index in [-0.39, 0.29) is 0 Å². The summed E-state index contributed by atoms with van der Waals surface area (Å²) >= 11 is 0. The van der Waals surface area contributed by atoms with Crippen molar-refractivity contribution >= 4 is 11.6 Å². The van der Waals surface area contributed by atoms with Gasteiger partial charge >= 0.3 is 0 Å². The highest BCUT2D eigenvalue weighted by Gasteiger charge is 2.23. The van der Waals surface area contributed by atoms with Gasteiger partial charge in [0.25, 0.3) is 0 Å². The Balaban J connectivity index is 2.19. The summed E-state index contributed by atoms with van der Waals surface area (Å²) < 4.78 is 0. The molecule has 1 heterocycles. The second-order valence-corrected chi connectivity index (χ2v) is 6.06. The van der Waals surface area contributed by atoms with Crippen LogP contribution in [-0.2, 0) is 6.42 Å². The Morgan fingerprint density at radius 1 is 1.35 bits per heavy atom. The minimum Gasteiger partial charge on any atom is -0.373 e. The van der Waals surface area contributed by atoms with Gasteiger partial charge in [-0.15, -0.1) is 0 Å². The maximum Gasteiger partial charge on any atom is 0.134 e. The number of hydrogen-bond donors (Lipinski definition) is 1. The molecule has 4 nitrogen and oxygen atoms in total. The summed E-state index contributed by atoms with van der Waals surface area (Å²) in [6, 6.07) is 2.69. The highest BCUT2D eigenvalue weighted by Crippen LogP contribution is 2.29. The van der Waals surface area contributed by atoms with Gasteiger partial charge < -0.3 is 10.2 Å². The van der Waals surface area contributed by atoms with Gasteiger partial charge in [-0.1, -0.05) is 26.7 Å². The van der Waals surface area contributed by atoms with Crippen LogP contribution in [0.3, 0.4) is 0 Å². The molecule has 0 saturated heterocycles. The van der Waals surface area contributed by atoms with Gasteiger partial charge in [0.05, 0.1) is 0 Å². The molecule has 112 valence electrons. The molecule has 1 aliphatic carbocycles. The summed E-state index contributed by atoms with van der Waals surface area (Å²) in [7, 11) is 4.10. The number of nitrogens with zero attached hydrogens (tertiary/aromatic N) is 3. The summed E-state index contributed by atoms with van der Waals surface area (Å²) in [6.45, 7) is 4.53. The van der Waals surface area contributed by atoms with E-state index in [1.165, 1.54) is 25.7 Å². The van der Waals surface area contributed by atoms with E-state index < -0.39 is 0 Å². The van der Waals surface area contributed by atoms with Crippen LogP contribution in [0.4, 0.5) is 11.6 Å². The summed E-state index contributed by atoms with van der Waals surface area (Å²) in [5, 5.41) is 3.15. The second kappa shape index (κ2) is 6.91. The molecule has 1 fully saturated rings. The molecule has 2 atom stereocenters. The Hall–Kier alpha value is -1.32. The SMILES string of the molecule is CCCc1nc(NC)cc(N(C)C2CCCC(C)C2)n1. The van der Waals surface area contributed by atoms with Crippen LogP contribution in [0, 0.1) is 5.92 Å². The third kappa shape index (κ3) is 3.62. The van der Waals surface area contributed by atoms with E-state index >= 15 is 0 Å². The van der Waals surface area contributed by atoms with Crippen LogP contribution in [0.2, 0.25) is 0 Å². The molecule has 0 aromatic carbocycles. The average Bonchev–Trinajstić information content (AvgIpc) is 2.46. The van der Waals surface area contributed by atoms with Gasteiger partial charge in [0, 0.05) is 32.6 Å². The third-order valence-electron chi connectivity index (χ3n) is 4.31. The van der Waals surface area contributed by atoms with Crippen molar-refractivity contribution in [2.24, 2.45) is 5.92 Å². The van der Waals surface area contributed by atoms with Crippen LogP contribution in [0.5, 0.6) is 0 Å². The Bertz CT molecular complexity index is 432. The first-order valence-corrected chi connectivity index (χ1v) is 7.92. The molecule has 4 heteroatoms. The molecular formula is C16H28N4. The molecule has 1 aliphatic rings. The van der Waals surface area contributed by atoms with Crippen LogP contribution < -0.4 is 10.2 Å². The predicted octanol–water partition coefficient (Wildman–Crippen LogP) is 3.49. The first-order valence-electron chi connectivity index (χ1n) is 7.92. The molecule has 1 aromatic rings. The van der Waals surface area contributed by atoms with Crippen LogP contribution in [0.1, 0.15) is 51.8 Å². The lowest BCUT2D eigenvalue weighted by Crippen LogP contribution is -2.36. The van der Waals surface area contributed by atoms with Crippen molar-refractivity contribution in [2.75, 3.05) is 24.3 Å². The van der Waals surface area contributed by atoms with Crippen molar-refractivity contribution < 1.29 is 0 Å². The first-order chi connectivity index (χ1) is 9.63. The smallest absolute Gasteiger partial charge is 0.134 e. The van der Waals surface area contributed by atoms with Gasteiger partial charge in [0.15, 0.2) is 0 Å². The van der Waals surface area contributed by atoms with Gasteiger partial charge in [-0.25, -0.2) is 9.97 Å². The zero-order chi connectivity index (χ0) is 14.5. The van der Waals surface area contributed by atoms with Crippen LogP contribution in [0.15, 0.2) is 6.07 Å². The fourth-order valence-electron chi connectivity index (χ4n) is 3.07.